The van der Waals surface area contributed by atoms with Crippen molar-refractivity contribution in [3.63, 3.8) is 0 Å². The average molecular weight is 337 g/mol. The summed E-state index contributed by atoms with van der Waals surface area (Å²) >= 11 is 0. The summed E-state index contributed by atoms with van der Waals surface area (Å²) < 4.78 is 33.8. The van der Waals surface area contributed by atoms with Gasteiger partial charge in [0.1, 0.15) is 0 Å². The number of unbranched alkanes of at least 4 members (excludes halogenated alkanes) is 6. The molecule has 0 aliphatic heterocycles. The molecule has 5 heteroatoms. The second-order valence-electron chi connectivity index (χ2n) is 6.76. The largest absolute Gasteiger partial charge is 0.397 e. The highest BCUT2D eigenvalue weighted by molar-refractivity contribution is 7.80. The zero-order chi connectivity index (χ0) is 16.8. The molecule has 0 aromatic carbocycles. The van der Waals surface area contributed by atoms with E-state index in [0.717, 1.165) is 18.8 Å². The molecule has 2 unspecified atom stereocenters. The van der Waals surface area contributed by atoms with Crippen LogP contribution in [0.3, 0.4) is 0 Å². The van der Waals surface area contributed by atoms with Crippen LogP contribution in [-0.4, -0.2) is 19.6 Å². The fourth-order valence-corrected chi connectivity index (χ4v) is 3.09. The molecule has 0 rings (SSSR count). The molecule has 0 saturated heterocycles. The Hall–Kier alpha value is -0.130. The Bertz CT molecular complexity index is 341. The summed E-state index contributed by atoms with van der Waals surface area (Å²) in [7, 11) is -4.28. The third kappa shape index (κ3) is 16.2. The first kappa shape index (κ1) is 21.9. The van der Waals surface area contributed by atoms with Gasteiger partial charge in [-0.05, 0) is 18.3 Å². The molecule has 2 atom stereocenters. The summed E-state index contributed by atoms with van der Waals surface area (Å²) in [6.07, 6.45) is 13.9. The maximum atomic E-state index is 10.5. The van der Waals surface area contributed by atoms with Gasteiger partial charge in [-0.25, -0.2) is 4.18 Å². The molecule has 0 aromatic heterocycles. The lowest BCUT2D eigenvalue weighted by atomic mass is 9.96. The van der Waals surface area contributed by atoms with Crippen LogP contribution in [0.4, 0.5) is 0 Å². The summed E-state index contributed by atoms with van der Waals surface area (Å²) in [4.78, 5) is 0. The smallest absolute Gasteiger partial charge is 0.264 e. The monoisotopic (exact) mass is 336 g/mol. The van der Waals surface area contributed by atoms with Gasteiger partial charge in [0.05, 0.1) is 6.61 Å². The summed E-state index contributed by atoms with van der Waals surface area (Å²) in [6, 6.07) is 0. The van der Waals surface area contributed by atoms with Crippen LogP contribution >= 0.6 is 0 Å². The summed E-state index contributed by atoms with van der Waals surface area (Å²) in [5.74, 6) is 1.03. The first-order valence-corrected chi connectivity index (χ1v) is 10.3. The van der Waals surface area contributed by atoms with Crippen molar-refractivity contribution in [2.45, 2.75) is 91.4 Å². The number of hydrogen-bond donors (Lipinski definition) is 1. The number of rotatable bonds is 15. The molecule has 0 spiro atoms. The minimum Gasteiger partial charge on any atom is -0.264 e. The van der Waals surface area contributed by atoms with Crippen LogP contribution in [0, 0.1) is 11.8 Å². The maximum absolute atomic E-state index is 10.5. The van der Waals surface area contributed by atoms with Crippen LogP contribution < -0.4 is 0 Å². The van der Waals surface area contributed by atoms with Crippen molar-refractivity contribution in [3.05, 3.63) is 0 Å². The minimum atomic E-state index is -4.28. The van der Waals surface area contributed by atoms with Crippen molar-refractivity contribution in [1.29, 1.82) is 0 Å². The van der Waals surface area contributed by atoms with Gasteiger partial charge in [-0.15, -0.1) is 0 Å². The Balaban J connectivity index is 3.35. The second-order valence-corrected chi connectivity index (χ2v) is 7.85. The van der Waals surface area contributed by atoms with E-state index in [4.69, 9.17) is 4.55 Å². The molecular formula is C17H36O4S. The lowest BCUT2D eigenvalue weighted by Gasteiger charge is -2.11. The predicted molar refractivity (Wildman–Crippen MR) is 92.3 cm³/mol. The van der Waals surface area contributed by atoms with E-state index in [1.54, 1.807) is 0 Å². The van der Waals surface area contributed by atoms with Crippen molar-refractivity contribution < 1.29 is 17.2 Å². The van der Waals surface area contributed by atoms with Crippen LogP contribution in [0.2, 0.25) is 0 Å². The highest BCUT2D eigenvalue weighted by atomic mass is 32.3. The van der Waals surface area contributed by atoms with E-state index in [1.165, 1.54) is 57.8 Å². The average Bonchev–Trinajstić information content (AvgIpc) is 2.43. The summed E-state index contributed by atoms with van der Waals surface area (Å²) in [5.41, 5.74) is 0. The molecule has 1 N–H and O–H groups in total. The zero-order valence-corrected chi connectivity index (χ0v) is 15.5. The first-order chi connectivity index (χ1) is 10.3. The molecule has 22 heavy (non-hydrogen) atoms. The van der Waals surface area contributed by atoms with Crippen LogP contribution in [-0.2, 0) is 14.6 Å². The lowest BCUT2D eigenvalue weighted by Crippen LogP contribution is -2.11. The van der Waals surface area contributed by atoms with Crippen molar-refractivity contribution in [3.8, 4) is 0 Å². The van der Waals surface area contributed by atoms with Crippen LogP contribution in [0.5, 0.6) is 0 Å². The van der Waals surface area contributed by atoms with E-state index in [9.17, 15) is 8.42 Å². The molecule has 0 fully saturated rings. The van der Waals surface area contributed by atoms with Crippen molar-refractivity contribution in [1.82, 2.24) is 0 Å². The Morgan fingerprint density at radius 2 is 1.27 bits per heavy atom. The molecular weight excluding hydrogens is 300 g/mol. The Morgan fingerprint density at radius 1 is 0.818 bits per heavy atom. The van der Waals surface area contributed by atoms with Gasteiger partial charge >= 0.3 is 10.4 Å². The maximum Gasteiger partial charge on any atom is 0.397 e. The van der Waals surface area contributed by atoms with Crippen molar-refractivity contribution >= 4 is 10.4 Å². The molecule has 0 amide bonds. The van der Waals surface area contributed by atoms with Crippen molar-refractivity contribution in [2.24, 2.45) is 11.8 Å². The van der Waals surface area contributed by atoms with Gasteiger partial charge in [0.25, 0.3) is 0 Å². The van der Waals surface area contributed by atoms with Gasteiger partial charge in [-0.1, -0.05) is 85.0 Å². The minimum absolute atomic E-state index is 0.0775. The van der Waals surface area contributed by atoms with E-state index in [1.807, 2.05) is 6.92 Å². The van der Waals surface area contributed by atoms with E-state index >= 15 is 0 Å². The molecule has 4 nitrogen and oxygen atoms in total. The van der Waals surface area contributed by atoms with E-state index < -0.39 is 10.4 Å². The topological polar surface area (TPSA) is 63.6 Å². The van der Waals surface area contributed by atoms with Gasteiger partial charge < -0.3 is 0 Å². The Labute approximate surface area is 138 Å². The van der Waals surface area contributed by atoms with Crippen LogP contribution in [0.25, 0.3) is 0 Å². The van der Waals surface area contributed by atoms with E-state index in [0.29, 0.717) is 0 Å². The van der Waals surface area contributed by atoms with Gasteiger partial charge in [0, 0.05) is 0 Å². The fourth-order valence-electron chi connectivity index (χ4n) is 2.69. The summed E-state index contributed by atoms with van der Waals surface area (Å²) in [5, 5.41) is 0. The molecule has 134 valence electrons. The predicted octanol–water partition coefficient (Wildman–Crippen LogP) is 5.39. The van der Waals surface area contributed by atoms with Gasteiger partial charge in [0.15, 0.2) is 0 Å². The molecule has 0 heterocycles. The van der Waals surface area contributed by atoms with Gasteiger partial charge in [0.2, 0.25) is 0 Å². The third-order valence-corrected chi connectivity index (χ3v) is 4.63. The van der Waals surface area contributed by atoms with Gasteiger partial charge in [-0.3, -0.25) is 4.55 Å². The Morgan fingerprint density at radius 3 is 1.77 bits per heavy atom. The second kappa shape index (κ2) is 13.3. The van der Waals surface area contributed by atoms with Crippen LogP contribution in [0.15, 0.2) is 0 Å². The van der Waals surface area contributed by atoms with Crippen molar-refractivity contribution in [2.75, 3.05) is 6.61 Å². The zero-order valence-electron chi connectivity index (χ0n) is 14.7. The fraction of sp³-hybridized carbons (Fsp3) is 1.00. The SMILES string of the molecule is CCCCCC(C)CCCCCCCC(C)COS(=O)(=O)O. The molecule has 0 aliphatic rings. The molecule has 0 radical (unpaired) electrons. The van der Waals surface area contributed by atoms with Gasteiger partial charge in [-0.2, -0.15) is 8.42 Å². The Kier molecular flexibility index (Phi) is 13.2. The molecule has 0 aliphatic carbocycles. The molecule has 0 bridgehead atoms. The van der Waals surface area contributed by atoms with E-state index in [2.05, 4.69) is 18.0 Å². The quantitative estimate of drug-likeness (QED) is 0.322. The molecule has 0 saturated carbocycles. The highest BCUT2D eigenvalue weighted by Gasteiger charge is 2.09. The standard InChI is InChI=1S/C17H36O4S/c1-4-5-9-12-16(2)13-10-7-6-8-11-14-17(3)15-21-22(18,19)20/h16-17H,4-15H2,1-3H3,(H,18,19,20). The number of hydrogen-bond acceptors (Lipinski definition) is 3. The first-order valence-electron chi connectivity index (χ1n) is 8.97. The highest BCUT2D eigenvalue weighted by Crippen LogP contribution is 2.18. The third-order valence-electron chi connectivity index (χ3n) is 4.20. The lowest BCUT2D eigenvalue weighted by molar-refractivity contribution is 0.222. The summed E-state index contributed by atoms with van der Waals surface area (Å²) in [6.45, 7) is 6.64. The van der Waals surface area contributed by atoms with E-state index in [-0.39, 0.29) is 12.5 Å². The van der Waals surface area contributed by atoms with Crippen LogP contribution in [0.1, 0.15) is 91.4 Å². The molecule has 0 aromatic rings. The normalized spacial score (nSPS) is 14.9.